The second-order valence-electron chi connectivity index (χ2n) is 4.41. The smallest absolute Gasteiger partial charge is 0.254 e. The number of aromatic nitrogens is 2. The lowest BCUT2D eigenvalue weighted by atomic mass is 10.1. The molecule has 0 fully saturated rings. The van der Waals surface area contributed by atoms with E-state index < -0.39 is 6.61 Å². The molecule has 2 aromatic rings. The van der Waals surface area contributed by atoms with Gasteiger partial charge in [0.2, 0.25) is 0 Å². The fraction of sp³-hybridized carbons (Fsp3) is 0.286. The highest BCUT2D eigenvalue weighted by molar-refractivity contribution is 5.95. The van der Waals surface area contributed by atoms with Gasteiger partial charge in [-0.05, 0) is 31.0 Å². The standard InChI is InChI=1S/C14H17N3O2/c1-11-5-3-6-12(2)14(11)17(13(19)9-18)10-16-8-4-7-15-16/h3-8,18H,9-10H2,1-2H3. The van der Waals surface area contributed by atoms with Gasteiger partial charge in [0.15, 0.2) is 0 Å². The maximum atomic E-state index is 12.0. The third kappa shape index (κ3) is 2.82. The molecule has 5 nitrogen and oxygen atoms in total. The summed E-state index contributed by atoms with van der Waals surface area (Å²) >= 11 is 0. The van der Waals surface area contributed by atoms with Crippen molar-refractivity contribution < 1.29 is 9.90 Å². The Bertz CT molecular complexity index is 544. The fourth-order valence-corrected chi connectivity index (χ4v) is 2.12. The molecular formula is C14H17N3O2. The van der Waals surface area contributed by atoms with Crippen molar-refractivity contribution in [3.63, 3.8) is 0 Å². The van der Waals surface area contributed by atoms with Crippen LogP contribution in [-0.2, 0) is 11.5 Å². The first kappa shape index (κ1) is 13.3. The number of carbonyl (C=O) groups excluding carboxylic acids is 1. The second kappa shape index (κ2) is 5.67. The Kier molecular flexibility index (Phi) is 3.97. The van der Waals surface area contributed by atoms with Crippen LogP contribution in [0.4, 0.5) is 5.69 Å². The molecular weight excluding hydrogens is 242 g/mol. The molecule has 0 saturated carbocycles. The summed E-state index contributed by atoms with van der Waals surface area (Å²) in [6.45, 7) is 3.67. The van der Waals surface area contributed by atoms with Gasteiger partial charge in [-0.15, -0.1) is 0 Å². The van der Waals surface area contributed by atoms with E-state index in [2.05, 4.69) is 5.10 Å². The summed E-state index contributed by atoms with van der Waals surface area (Å²) in [5.41, 5.74) is 2.82. The van der Waals surface area contributed by atoms with Crippen LogP contribution in [0.5, 0.6) is 0 Å². The molecule has 1 N–H and O–H groups in total. The lowest BCUT2D eigenvalue weighted by molar-refractivity contribution is -0.121. The quantitative estimate of drug-likeness (QED) is 0.904. The van der Waals surface area contributed by atoms with Crippen molar-refractivity contribution in [2.24, 2.45) is 0 Å². The van der Waals surface area contributed by atoms with Crippen LogP contribution in [0.25, 0.3) is 0 Å². The number of carbonyl (C=O) groups is 1. The Hall–Kier alpha value is -2.14. The number of benzene rings is 1. The summed E-state index contributed by atoms with van der Waals surface area (Å²) in [6, 6.07) is 7.64. The minimum atomic E-state index is -0.519. The highest BCUT2D eigenvalue weighted by atomic mass is 16.3. The number of amides is 1. The summed E-state index contributed by atoms with van der Waals surface area (Å²) < 4.78 is 1.65. The molecule has 5 heteroatoms. The molecule has 0 atom stereocenters. The van der Waals surface area contributed by atoms with E-state index in [1.54, 1.807) is 28.0 Å². The number of nitrogens with zero attached hydrogens (tertiary/aromatic N) is 3. The predicted octanol–water partition coefficient (Wildman–Crippen LogP) is 1.48. The van der Waals surface area contributed by atoms with E-state index in [9.17, 15) is 4.79 Å². The van der Waals surface area contributed by atoms with Crippen LogP contribution in [0.2, 0.25) is 0 Å². The Labute approximate surface area is 112 Å². The SMILES string of the molecule is Cc1cccc(C)c1N(Cn1cccn1)C(=O)CO. The van der Waals surface area contributed by atoms with Crippen LogP contribution in [0.3, 0.4) is 0 Å². The second-order valence-corrected chi connectivity index (χ2v) is 4.41. The molecule has 100 valence electrons. The maximum Gasteiger partial charge on any atom is 0.254 e. The molecule has 1 aromatic carbocycles. The minimum Gasteiger partial charge on any atom is -0.387 e. The van der Waals surface area contributed by atoms with E-state index in [1.807, 2.05) is 32.0 Å². The summed E-state index contributed by atoms with van der Waals surface area (Å²) in [5, 5.41) is 13.3. The van der Waals surface area contributed by atoms with Gasteiger partial charge in [0.25, 0.3) is 5.91 Å². The van der Waals surface area contributed by atoms with Crippen molar-refractivity contribution in [2.45, 2.75) is 20.5 Å². The highest BCUT2D eigenvalue weighted by Gasteiger charge is 2.19. The first-order valence-electron chi connectivity index (χ1n) is 6.08. The monoisotopic (exact) mass is 259 g/mol. The molecule has 0 unspecified atom stereocenters. The zero-order valence-corrected chi connectivity index (χ0v) is 11.1. The topological polar surface area (TPSA) is 58.4 Å². The van der Waals surface area contributed by atoms with Crippen molar-refractivity contribution in [2.75, 3.05) is 11.5 Å². The van der Waals surface area contributed by atoms with E-state index >= 15 is 0 Å². The summed E-state index contributed by atoms with van der Waals surface area (Å²) in [4.78, 5) is 13.5. The van der Waals surface area contributed by atoms with Gasteiger partial charge in [-0.1, -0.05) is 18.2 Å². The Morgan fingerprint density at radius 2 is 2.00 bits per heavy atom. The molecule has 0 spiro atoms. The molecule has 0 saturated heterocycles. The Morgan fingerprint density at radius 3 is 2.53 bits per heavy atom. The number of hydrogen-bond acceptors (Lipinski definition) is 3. The Balaban J connectivity index is 2.40. The first-order valence-corrected chi connectivity index (χ1v) is 6.08. The molecule has 0 radical (unpaired) electrons. The van der Waals surface area contributed by atoms with Crippen LogP contribution >= 0.6 is 0 Å². The predicted molar refractivity (Wildman–Crippen MR) is 72.7 cm³/mol. The zero-order chi connectivity index (χ0) is 13.8. The van der Waals surface area contributed by atoms with E-state index in [0.717, 1.165) is 16.8 Å². The van der Waals surface area contributed by atoms with Gasteiger partial charge in [-0.3, -0.25) is 14.4 Å². The summed E-state index contributed by atoms with van der Waals surface area (Å²) in [5.74, 6) is -0.340. The third-order valence-electron chi connectivity index (χ3n) is 2.99. The number of para-hydroxylation sites is 1. The molecule has 0 bridgehead atoms. The average Bonchev–Trinajstić information content (AvgIpc) is 2.89. The molecule has 0 aliphatic rings. The average molecular weight is 259 g/mol. The molecule has 1 aromatic heterocycles. The number of aliphatic hydroxyl groups is 1. The Morgan fingerprint density at radius 1 is 1.32 bits per heavy atom. The van der Waals surface area contributed by atoms with Crippen LogP contribution < -0.4 is 4.90 Å². The highest BCUT2D eigenvalue weighted by Crippen LogP contribution is 2.25. The van der Waals surface area contributed by atoms with Gasteiger partial charge in [-0.25, -0.2) is 0 Å². The molecule has 0 aliphatic carbocycles. The summed E-state index contributed by atoms with van der Waals surface area (Å²) in [7, 11) is 0. The van der Waals surface area contributed by atoms with E-state index in [1.165, 1.54) is 0 Å². The van der Waals surface area contributed by atoms with Crippen molar-refractivity contribution >= 4 is 11.6 Å². The van der Waals surface area contributed by atoms with Gasteiger partial charge < -0.3 is 5.11 Å². The number of hydrogen-bond donors (Lipinski definition) is 1. The van der Waals surface area contributed by atoms with Crippen LogP contribution in [-0.4, -0.2) is 27.4 Å². The van der Waals surface area contributed by atoms with E-state index in [4.69, 9.17) is 5.11 Å². The molecule has 2 rings (SSSR count). The summed E-state index contributed by atoms with van der Waals surface area (Å²) in [6.07, 6.45) is 3.44. The maximum absolute atomic E-state index is 12.0. The molecule has 1 heterocycles. The lowest BCUT2D eigenvalue weighted by Gasteiger charge is -2.25. The fourth-order valence-electron chi connectivity index (χ4n) is 2.12. The van der Waals surface area contributed by atoms with Gasteiger partial charge in [0.1, 0.15) is 13.3 Å². The molecule has 1 amide bonds. The van der Waals surface area contributed by atoms with Crippen molar-refractivity contribution in [1.29, 1.82) is 0 Å². The van der Waals surface area contributed by atoms with Gasteiger partial charge in [0.05, 0.1) is 5.69 Å². The van der Waals surface area contributed by atoms with Gasteiger partial charge >= 0.3 is 0 Å². The van der Waals surface area contributed by atoms with Crippen molar-refractivity contribution in [3.05, 3.63) is 47.8 Å². The number of aliphatic hydroxyl groups excluding tert-OH is 1. The number of anilines is 1. The van der Waals surface area contributed by atoms with Crippen molar-refractivity contribution in [1.82, 2.24) is 9.78 Å². The third-order valence-corrected chi connectivity index (χ3v) is 2.99. The number of aryl methyl sites for hydroxylation is 2. The molecule has 19 heavy (non-hydrogen) atoms. The largest absolute Gasteiger partial charge is 0.387 e. The normalized spacial score (nSPS) is 10.5. The van der Waals surface area contributed by atoms with Gasteiger partial charge in [0, 0.05) is 12.4 Å². The van der Waals surface area contributed by atoms with Crippen LogP contribution in [0, 0.1) is 13.8 Å². The van der Waals surface area contributed by atoms with E-state index in [-0.39, 0.29) is 12.6 Å². The molecule has 0 aliphatic heterocycles. The zero-order valence-electron chi connectivity index (χ0n) is 11.1. The van der Waals surface area contributed by atoms with E-state index in [0.29, 0.717) is 0 Å². The van der Waals surface area contributed by atoms with Crippen LogP contribution in [0.1, 0.15) is 11.1 Å². The van der Waals surface area contributed by atoms with Gasteiger partial charge in [-0.2, -0.15) is 5.10 Å². The van der Waals surface area contributed by atoms with Crippen molar-refractivity contribution in [3.8, 4) is 0 Å². The van der Waals surface area contributed by atoms with Crippen LogP contribution in [0.15, 0.2) is 36.7 Å². The minimum absolute atomic E-state index is 0.290. The number of rotatable bonds is 4. The first-order chi connectivity index (χ1) is 9.13. The lowest BCUT2D eigenvalue weighted by Crippen LogP contribution is -2.36.